The van der Waals surface area contributed by atoms with E-state index in [1.54, 1.807) is 19.1 Å². The number of carbonyl (C=O) groups excluding carboxylic acids is 2. The maximum atomic E-state index is 11.8. The fourth-order valence-electron chi connectivity index (χ4n) is 1.27. The Bertz CT molecular complexity index is 430. The average molecular weight is 250 g/mol. The molecule has 0 radical (unpaired) electrons. The minimum Gasteiger partial charge on any atom is -0.461 e. The molecule has 1 amide bonds. The smallest absolute Gasteiger partial charge is 0.356 e. The maximum absolute atomic E-state index is 11.8. The van der Waals surface area contributed by atoms with E-state index in [4.69, 9.17) is 4.74 Å². The molecule has 1 rings (SSSR count). The minimum absolute atomic E-state index is 0.147. The second-order valence-corrected chi connectivity index (χ2v) is 4.23. The molecule has 18 heavy (non-hydrogen) atoms. The molecule has 0 aliphatic carbocycles. The number of pyridine rings is 1. The number of hydrogen-bond donors (Lipinski definition) is 1. The van der Waals surface area contributed by atoms with Crippen LogP contribution in [0.2, 0.25) is 0 Å². The van der Waals surface area contributed by atoms with E-state index in [0.29, 0.717) is 12.5 Å². The van der Waals surface area contributed by atoms with Gasteiger partial charge >= 0.3 is 5.97 Å². The molecule has 0 unspecified atom stereocenters. The van der Waals surface area contributed by atoms with Gasteiger partial charge in [-0.25, -0.2) is 9.78 Å². The first-order valence-electron chi connectivity index (χ1n) is 5.97. The number of rotatable bonds is 5. The quantitative estimate of drug-likeness (QED) is 0.807. The van der Waals surface area contributed by atoms with Crippen LogP contribution in [0.25, 0.3) is 0 Å². The van der Waals surface area contributed by atoms with Crippen molar-refractivity contribution >= 4 is 11.9 Å². The van der Waals surface area contributed by atoms with Gasteiger partial charge < -0.3 is 10.1 Å². The molecule has 1 N–H and O–H groups in total. The Morgan fingerprint density at radius 1 is 1.33 bits per heavy atom. The highest BCUT2D eigenvalue weighted by Gasteiger charge is 2.12. The number of aromatic nitrogens is 1. The minimum atomic E-state index is -0.518. The van der Waals surface area contributed by atoms with E-state index in [9.17, 15) is 9.59 Å². The molecule has 5 nitrogen and oxygen atoms in total. The lowest BCUT2D eigenvalue weighted by Gasteiger charge is -2.07. The Labute approximate surface area is 107 Å². The number of amides is 1. The molecule has 0 spiro atoms. The molecule has 0 aromatic carbocycles. The highest BCUT2D eigenvalue weighted by atomic mass is 16.5. The number of carbonyl (C=O) groups is 2. The molecule has 0 fully saturated rings. The SMILES string of the molecule is CCOC(=O)c1cccc(C(=O)NCC(C)C)n1. The van der Waals surface area contributed by atoms with E-state index in [1.807, 2.05) is 13.8 Å². The fourth-order valence-corrected chi connectivity index (χ4v) is 1.27. The summed E-state index contributed by atoms with van der Waals surface area (Å²) < 4.78 is 4.83. The largest absolute Gasteiger partial charge is 0.461 e. The molecule has 1 aromatic heterocycles. The molecule has 1 heterocycles. The highest BCUT2D eigenvalue weighted by molar-refractivity contribution is 5.94. The first-order chi connectivity index (χ1) is 8.54. The van der Waals surface area contributed by atoms with Gasteiger partial charge in [-0.3, -0.25) is 4.79 Å². The van der Waals surface area contributed by atoms with Gasteiger partial charge in [-0.05, 0) is 25.0 Å². The lowest BCUT2D eigenvalue weighted by atomic mass is 10.2. The third kappa shape index (κ3) is 4.16. The van der Waals surface area contributed by atoms with Crippen LogP contribution in [0.5, 0.6) is 0 Å². The van der Waals surface area contributed by atoms with E-state index in [2.05, 4.69) is 10.3 Å². The number of esters is 1. The third-order valence-electron chi connectivity index (χ3n) is 2.14. The summed E-state index contributed by atoms with van der Waals surface area (Å²) in [4.78, 5) is 27.2. The molecule has 0 atom stereocenters. The van der Waals surface area contributed by atoms with Gasteiger partial charge in [0.2, 0.25) is 0 Å². The van der Waals surface area contributed by atoms with Crippen molar-refractivity contribution in [2.75, 3.05) is 13.2 Å². The van der Waals surface area contributed by atoms with Crippen LogP contribution < -0.4 is 5.32 Å². The lowest BCUT2D eigenvalue weighted by Crippen LogP contribution is -2.28. The second kappa shape index (κ2) is 6.74. The van der Waals surface area contributed by atoms with Gasteiger partial charge in [-0.15, -0.1) is 0 Å². The van der Waals surface area contributed by atoms with Gasteiger partial charge in [0.05, 0.1) is 6.61 Å². The number of ether oxygens (including phenoxy) is 1. The molecule has 98 valence electrons. The summed E-state index contributed by atoms with van der Waals surface area (Å²) in [5.74, 6) is -0.437. The van der Waals surface area contributed by atoms with Crippen molar-refractivity contribution in [3.05, 3.63) is 29.6 Å². The summed E-state index contributed by atoms with van der Waals surface area (Å²) >= 11 is 0. The topological polar surface area (TPSA) is 68.3 Å². The van der Waals surface area contributed by atoms with Crippen molar-refractivity contribution in [3.8, 4) is 0 Å². The predicted octanol–water partition coefficient (Wildman–Crippen LogP) is 1.64. The van der Waals surface area contributed by atoms with Crippen molar-refractivity contribution in [2.24, 2.45) is 5.92 Å². The van der Waals surface area contributed by atoms with Crippen LogP contribution in [-0.2, 0) is 4.74 Å². The predicted molar refractivity (Wildman–Crippen MR) is 67.4 cm³/mol. The van der Waals surface area contributed by atoms with E-state index in [-0.39, 0.29) is 23.9 Å². The third-order valence-corrected chi connectivity index (χ3v) is 2.14. The summed E-state index contributed by atoms with van der Waals surface area (Å²) in [6.07, 6.45) is 0. The van der Waals surface area contributed by atoms with Crippen molar-refractivity contribution in [1.82, 2.24) is 10.3 Å². The molecule has 5 heteroatoms. The van der Waals surface area contributed by atoms with Gasteiger partial charge in [-0.1, -0.05) is 19.9 Å². The van der Waals surface area contributed by atoms with Gasteiger partial charge in [0.25, 0.3) is 5.91 Å². The molecular formula is C13H18N2O3. The van der Waals surface area contributed by atoms with Crippen LogP contribution in [0.1, 0.15) is 41.7 Å². The summed E-state index contributed by atoms with van der Waals surface area (Å²) in [5.41, 5.74) is 0.371. The van der Waals surface area contributed by atoms with E-state index >= 15 is 0 Å². The van der Waals surface area contributed by atoms with Gasteiger partial charge in [-0.2, -0.15) is 0 Å². The van der Waals surface area contributed by atoms with Crippen LogP contribution in [0.15, 0.2) is 18.2 Å². The Balaban J connectivity index is 2.75. The van der Waals surface area contributed by atoms with Crippen LogP contribution in [0.4, 0.5) is 0 Å². The van der Waals surface area contributed by atoms with E-state index in [0.717, 1.165) is 0 Å². The lowest BCUT2D eigenvalue weighted by molar-refractivity contribution is 0.0519. The number of hydrogen-bond acceptors (Lipinski definition) is 4. The van der Waals surface area contributed by atoms with Crippen LogP contribution in [-0.4, -0.2) is 30.0 Å². The zero-order valence-electron chi connectivity index (χ0n) is 10.9. The first kappa shape index (κ1) is 14.2. The van der Waals surface area contributed by atoms with E-state index < -0.39 is 5.97 Å². The molecule has 0 aliphatic heterocycles. The zero-order chi connectivity index (χ0) is 13.5. The zero-order valence-corrected chi connectivity index (χ0v) is 10.9. The summed E-state index contributed by atoms with van der Waals surface area (Å²) in [6.45, 7) is 6.58. The van der Waals surface area contributed by atoms with Gasteiger partial charge in [0, 0.05) is 6.54 Å². The Kier molecular flexibility index (Phi) is 5.30. The average Bonchev–Trinajstić information content (AvgIpc) is 2.36. The molecule has 0 saturated heterocycles. The fraction of sp³-hybridized carbons (Fsp3) is 0.462. The van der Waals surface area contributed by atoms with Crippen molar-refractivity contribution < 1.29 is 14.3 Å². The molecule has 0 saturated carbocycles. The van der Waals surface area contributed by atoms with E-state index in [1.165, 1.54) is 6.07 Å². The Hall–Kier alpha value is -1.91. The Morgan fingerprint density at radius 3 is 2.61 bits per heavy atom. The Morgan fingerprint density at radius 2 is 2.00 bits per heavy atom. The normalized spacial score (nSPS) is 10.2. The summed E-state index contributed by atoms with van der Waals surface area (Å²) in [7, 11) is 0. The first-order valence-corrected chi connectivity index (χ1v) is 5.97. The van der Waals surface area contributed by atoms with Gasteiger partial charge in [0.15, 0.2) is 0 Å². The summed E-state index contributed by atoms with van der Waals surface area (Å²) in [5, 5.41) is 2.74. The summed E-state index contributed by atoms with van der Waals surface area (Å²) in [6, 6.07) is 4.71. The van der Waals surface area contributed by atoms with Crippen molar-refractivity contribution in [3.63, 3.8) is 0 Å². The van der Waals surface area contributed by atoms with Crippen LogP contribution >= 0.6 is 0 Å². The molecule has 0 bridgehead atoms. The van der Waals surface area contributed by atoms with Gasteiger partial charge in [0.1, 0.15) is 11.4 Å². The standard InChI is InChI=1S/C13H18N2O3/c1-4-18-13(17)11-7-5-6-10(15-11)12(16)14-8-9(2)3/h5-7,9H,4,8H2,1-3H3,(H,14,16). The highest BCUT2D eigenvalue weighted by Crippen LogP contribution is 2.02. The number of nitrogens with zero attached hydrogens (tertiary/aromatic N) is 1. The van der Waals surface area contributed by atoms with Crippen LogP contribution in [0, 0.1) is 5.92 Å². The van der Waals surface area contributed by atoms with Crippen molar-refractivity contribution in [2.45, 2.75) is 20.8 Å². The second-order valence-electron chi connectivity index (χ2n) is 4.23. The number of nitrogens with one attached hydrogen (secondary N) is 1. The molecule has 0 aliphatic rings. The monoisotopic (exact) mass is 250 g/mol. The maximum Gasteiger partial charge on any atom is 0.356 e. The molecule has 1 aromatic rings. The molecular weight excluding hydrogens is 232 g/mol. The van der Waals surface area contributed by atoms with Crippen molar-refractivity contribution in [1.29, 1.82) is 0 Å². The van der Waals surface area contributed by atoms with Crippen LogP contribution in [0.3, 0.4) is 0 Å².